The number of amides is 2. The lowest BCUT2D eigenvalue weighted by molar-refractivity contribution is -0.118. The van der Waals surface area contributed by atoms with Crippen LogP contribution in [0, 0.1) is 17.7 Å². The number of nitrogens with one attached hydrogen (secondary N) is 2. The van der Waals surface area contributed by atoms with E-state index in [2.05, 4.69) is 35.7 Å². The minimum atomic E-state index is -3.16. The van der Waals surface area contributed by atoms with Crippen molar-refractivity contribution < 1.29 is 30.8 Å². The molecule has 4 fully saturated rings. The molecule has 0 radical (unpaired) electrons. The van der Waals surface area contributed by atoms with Crippen molar-refractivity contribution in [3.63, 3.8) is 0 Å². The summed E-state index contributed by atoms with van der Waals surface area (Å²) in [6.45, 7) is 2.68. The Morgan fingerprint density at radius 1 is 0.721 bits per heavy atom. The van der Waals surface area contributed by atoms with Crippen molar-refractivity contribution >= 4 is 54.7 Å². The van der Waals surface area contributed by atoms with Crippen LogP contribution < -0.4 is 10.6 Å². The number of benzene rings is 2. The fraction of sp³-hybridized carbons (Fsp3) is 0.381. The second-order valence-corrected chi connectivity index (χ2v) is 21.6. The number of fused-ring (bicyclic) bond motifs is 2. The van der Waals surface area contributed by atoms with Crippen LogP contribution >= 0.6 is 0 Å². The Hall–Kier alpha value is -5.63. The number of nitrogens with zero attached hydrogens (tertiary/aromatic N) is 8. The van der Waals surface area contributed by atoms with Crippen LogP contribution in [0.15, 0.2) is 72.8 Å². The maximum Gasteiger partial charge on any atom is 0.249 e. The van der Waals surface area contributed by atoms with Crippen LogP contribution in [-0.2, 0) is 42.4 Å². The van der Waals surface area contributed by atoms with Gasteiger partial charge in [-0.05, 0) is 60.6 Å². The zero-order valence-corrected chi connectivity index (χ0v) is 35.0. The molecule has 2 amide bonds. The van der Waals surface area contributed by atoms with Gasteiger partial charge >= 0.3 is 0 Å². The SMILES string of the molecule is CS(=O)(=O)C1CN(Cc2ccc(-c3cccc4nc(NC(=O)C5CC5c5ccc6nc(NC(=O)C7CC7)nn6c5-c5ccc(CN6CC(S(C)(=O)=O)C6)c(F)c5)nn34)cc2)C1. The Bertz CT molecular complexity index is 2980. The first-order valence-corrected chi connectivity index (χ1v) is 24.1. The smallest absolute Gasteiger partial charge is 0.249 e. The number of halogens is 1. The maximum atomic E-state index is 15.9. The second kappa shape index (κ2) is 14.8. The summed E-state index contributed by atoms with van der Waals surface area (Å²) in [5, 5.41) is 14.2. The van der Waals surface area contributed by atoms with E-state index in [-0.39, 0.29) is 47.3 Å². The molecule has 16 nitrogen and oxygen atoms in total. The molecule has 0 bridgehead atoms. The summed E-state index contributed by atoms with van der Waals surface area (Å²) >= 11 is 0. The van der Waals surface area contributed by atoms with Crippen LogP contribution in [0.3, 0.4) is 0 Å². The summed E-state index contributed by atoms with van der Waals surface area (Å²) in [6.07, 6.45) is 4.64. The fourth-order valence-corrected chi connectivity index (χ4v) is 10.2. The molecule has 6 aromatic rings. The third-order valence-electron chi connectivity index (χ3n) is 12.3. The molecule has 10 rings (SSSR count). The average Bonchev–Trinajstić information content (AvgIpc) is 4.10. The zero-order chi connectivity index (χ0) is 42.4. The number of sulfone groups is 2. The Kier molecular flexibility index (Phi) is 9.57. The number of pyridine rings is 2. The normalized spacial score (nSPS) is 20.1. The van der Waals surface area contributed by atoms with Gasteiger partial charge in [0.05, 0.1) is 21.9 Å². The lowest BCUT2D eigenvalue weighted by Crippen LogP contribution is -2.53. The van der Waals surface area contributed by atoms with Gasteiger partial charge in [0.25, 0.3) is 0 Å². The highest BCUT2D eigenvalue weighted by molar-refractivity contribution is 7.91. The Labute approximate surface area is 351 Å². The summed E-state index contributed by atoms with van der Waals surface area (Å²) < 4.78 is 66.6. The first-order chi connectivity index (χ1) is 29.1. The van der Waals surface area contributed by atoms with Crippen LogP contribution in [0.4, 0.5) is 16.3 Å². The molecule has 61 heavy (non-hydrogen) atoms. The molecule has 316 valence electrons. The van der Waals surface area contributed by atoms with Crippen LogP contribution in [0.25, 0.3) is 33.8 Å². The van der Waals surface area contributed by atoms with E-state index in [4.69, 9.17) is 0 Å². The number of carbonyl (C=O) groups excluding carboxylic acids is 2. The molecule has 2 aliphatic heterocycles. The van der Waals surface area contributed by atoms with Gasteiger partial charge in [0, 0.05) is 80.3 Å². The van der Waals surface area contributed by atoms with Crippen molar-refractivity contribution in [3.8, 4) is 22.5 Å². The first kappa shape index (κ1) is 39.5. The zero-order valence-electron chi connectivity index (χ0n) is 33.4. The Morgan fingerprint density at radius 2 is 1.33 bits per heavy atom. The molecule has 2 saturated heterocycles. The van der Waals surface area contributed by atoms with Gasteiger partial charge in [-0.3, -0.25) is 30.0 Å². The molecular formula is C42H43FN10O6S2. The maximum absolute atomic E-state index is 15.9. The van der Waals surface area contributed by atoms with Crippen LogP contribution in [0.2, 0.25) is 0 Å². The van der Waals surface area contributed by atoms with E-state index >= 15 is 4.39 Å². The van der Waals surface area contributed by atoms with E-state index in [9.17, 15) is 26.4 Å². The Balaban J connectivity index is 0.872. The number of aromatic nitrogens is 6. The molecular weight excluding hydrogens is 824 g/mol. The topological polar surface area (TPSA) is 193 Å². The summed E-state index contributed by atoms with van der Waals surface area (Å²) in [6, 6.07) is 22.2. The lowest BCUT2D eigenvalue weighted by atomic mass is 9.99. The number of likely N-dealkylation sites (tertiary alicyclic amines) is 2. The van der Waals surface area contributed by atoms with Gasteiger partial charge in [0.1, 0.15) is 5.82 Å². The van der Waals surface area contributed by atoms with E-state index in [1.165, 1.54) is 18.6 Å². The molecule has 2 saturated carbocycles. The summed E-state index contributed by atoms with van der Waals surface area (Å²) in [7, 11) is -6.19. The van der Waals surface area contributed by atoms with Crippen LogP contribution in [0.5, 0.6) is 0 Å². The molecule has 2 N–H and O–H groups in total. The van der Waals surface area contributed by atoms with Gasteiger partial charge < -0.3 is 0 Å². The number of hydrogen-bond acceptors (Lipinski definition) is 12. The summed E-state index contributed by atoms with van der Waals surface area (Å²) in [4.78, 5) is 39.6. The fourth-order valence-electron chi connectivity index (χ4n) is 8.32. The average molecular weight is 867 g/mol. The number of carbonyl (C=O) groups is 2. The number of rotatable bonds is 13. The molecule has 2 aliphatic carbocycles. The van der Waals surface area contributed by atoms with E-state index in [1.54, 1.807) is 27.2 Å². The van der Waals surface area contributed by atoms with Gasteiger partial charge in [-0.15, -0.1) is 10.2 Å². The third kappa shape index (κ3) is 7.90. The minimum absolute atomic E-state index is 0.0599. The van der Waals surface area contributed by atoms with Crippen molar-refractivity contribution in [2.45, 2.75) is 48.8 Å². The minimum Gasteiger partial charge on any atom is -0.296 e. The molecule has 6 heterocycles. The largest absolute Gasteiger partial charge is 0.296 e. The highest BCUT2D eigenvalue weighted by Gasteiger charge is 2.46. The lowest BCUT2D eigenvalue weighted by Gasteiger charge is -2.38. The van der Waals surface area contributed by atoms with Crippen molar-refractivity contribution in [2.24, 2.45) is 11.8 Å². The summed E-state index contributed by atoms with van der Waals surface area (Å²) in [5.74, 6) is -1.32. The molecule has 2 aromatic carbocycles. The van der Waals surface area contributed by atoms with Gasteiger partial charge in [0.2, 0.25) is 23.7 Å². The van der Waals surface area contributed by atoms with Gasteiger partial charge in [-0.2, -0.15) is 9.97 Å². The van der Waals surface area contributed by atoms with Crippen molar-refractivity contribution in [1.82, 2.24) is 39.0 Å². The van der Waals surface area contributed by atoms with E-state index < -0.39 is 36.7 Å². The molecule has 0 spiro atoms. The molecule has 4 aliphatic rings. The monoisotopic (exact) mass is 866 g/mol. The molecule has 4 aromatic heterocycles. The number of hydrogen-bond donors (Lipinski definition) is 2. The number of anilines is 2. The van der Waals surface area contributed by atoms with Gasteiger partial charge in [0.15, 0.2) is 31.0 Å². The van der Waals surface area contributed by atoms with Crippen molar-refractivity contribution in [1.29, 1.82) is 0 Å². The Morgan fingerprint density at radius 3 is 1.97 bits per heavy atom. The third-order valence-corrected chi connectivity index (χ3v) is 15.3. The quantitative estimate of drug-likeness (QED) is 0.171. The summed E-state index contributed by atoms with van der Waals surface area (Å²) in [5.41, 5.74) is 6.00. The second-order valence-electron chi connectivity index (χ2n) is 17.0. The van der Waals surface area contributed by atoms with Gasteiger partial charge in [-0.1, -0.05) is 48.5 Å². The predicted molar refractivity (Wildman–Crippen MR) is 225 cm³/mol. The van der Waals surface area contributed by atoms with Crippen molar-refractivity contribution in [3.05, 3.63) is 95.3 Å². The molecule has 19 heteroatoms. The first-order valence-electron chi connectivity index (χ1n) is 20.2. The van der Waals surface area contributed by atoms with E-state index in [0.717, 1.165) is 35.2 Å². The van der Waals surface area contributed by atoms with Crippen LogP contribution in [0.1, 0.15) is 41.9 Å². The molecule has 2 unspecified atom stereocenters. The van der Waals surface area contributed by atoms with E-state index in [1.807, 2.05) is 53.4 Å². The van der Waals surface area contributed by atoms with Crippen LogP contribution in [-0.4, -0.2) is 117 Å². The van der Waals surface area contributed by atoms with E-state index in [0.29, 0.717) is 67.3 Å². The highest BCUT2D eigenvalue weighted by Crippen LogP contribution is 2.51. The van der Waals surface area contributed by atoms with Gasteiger partial charge in [-0.25, -0.2) is 30.3 Å². The predicted octanol–water partition coefficient (Wildman–Crippen LogP) is 3.79. The highest BCUT2D eigenvalue weighted by atomic mass is 32.2. The molecule has 2 atom stereocenters. The standard InChI is InChI=1S/C42H43FN10O6S2/c1-60(56,57)29-20-50(21-29)18-24-6-8-25(9-7-24)35-4-3-5-36-44-42(48-52(35)36)47-40(55)33-17-32(33)31-14-15-37-45-41(46-39(54)26-10-11-26)49-53(37)38(31)27-12-13-28(34(43)16-27)19-51-22-30(23-51)61(2,58)59/h3-9,12-16,26,29-30,32-33H,10-11,17-23H2,1-2H3,(H,46,49,54)(H,47,48,55). The van der Waals surface area contributed by atoms with Crippen molar-refractivity contribution in [2.75, 3.05) is 49.3 Å².